The molecule has 9 heteroatoms. The summed E-state index contributed by atoms with van der Waals surface area (Å²) in [7, 11) is 0. The molecule has 2 aromatic heterocycles. The van der Waals surface area contributed by atoms with Gasteiger partial charge in [-0.1, -0.05) is 38.9 Å². The van der Waals surface area contributed by atoms with E-state index in [4.69, 9.17) is 16.3 Å². The van der Waals surface area contributed by atoms with Gasteiger partial charge in [0.2, 0.25) is 0 Å². The number of carbonyl (C=O) groups excluding carboxylic acids is 2. The molecule has 0 aliphatic carbocycles. The standard InChI is InChI=1S/C16H12BrClN2O3S2/c1-2-23-14(21)8-20-10-4-3-9(17)7-12(10)25-16(20)19-15(22)11-5-6-13(18)24-11/h3-7H,2,8H2,1H3. The van der Waals surface area contributed by atoms with Crippen molar-refractivity contribution in [3.63, 3.8) is 0 Å². The molecule has 0 N–H and O–H groups in total. The minimum atomic E-state index is -0.389. The monoisotopic (exact) mass is 458 g/mol. The minimum Gasteiger partial charge on any atom is -0.465 e. The van der Waals surface area contributed by atoms with Crippen LogP contribution in [0.5, 0.6) is 0 Å². The van der Waals surface area contributed by atoms with Crippen LogP contribution in [0.15, 0.2) is 39.8 Å². The van der Waals surface area contributed by atoms with Gasteiger partial charge in [0.1, 0.15) is 6.54 Å². The van der Waals surface area contributed by atoms with E-state index in [1.807, 2.05) is 18.2 Å². The number of nitrogens with zero attached hydrogens (tertiary/aromatic N) is 2. The molecule has 0 aliphatic rings. The van der Waals surface area contributed by atoms with Crippen LogP contribution in [0.1, 0.15) is 16.6 Å². The summed E-state index contributed by atoms with van der Waals surface area (Å²) < 4.78 is 9.07. The maximum atomic E-state index is 12.4. The van der Waals surface area contributed by atoms with Crippen LogP contribution in [0.4, 0.5) is 0 Å². The molecule has 0 bridgehead atoms. The van der Waals surface area contributed by atoms with Gasteiger partial charge in [-0.25, -0.2) is 0 Å². The molecule has 0 unspecified atom stereocenters. The van der Waals surface area contributed by atoms with Crippen molar-refractivity contribution in [3.05, 3.63) is 48.8 Å². The second-order valence-corrected chi connectivity index (χ2v) is 8.55. The summed E-state index contributed by atoms with van der Waals surface area (Å²) in [5.41, 5.74) is 0.817. The topological polar surface area (TPSA) is 60.7 Å². The number of rotatable bonds is 4. The van der Waals surface area contributed by atoms with Crippen molar-refractivity contribution in [2.24, 2.45) is 4.99 Å². The lowest BCUT2D eigenvalue weighted by atomic mass is 10.3. The Morgan fingerprint density at radius 2 is 2.08 bits per heavy atom. The van der Waals surface area contributed by atoms with Crippen LogP contribution in [-0.2, 0) is 16.1 Å². The van der Waals surface area contributed by atoms with Crippen LogP contribution in [0.2, 0.25) is 4.34 Å². The summed E-state index contributed by atoms with van der Waals surface area (Å²) in [6, 6.07) is 8.97. The Morgan fingerprint density at radius 3 is 2.76 bits per heavy atom. The first-order valence-corrected chi connectivity index (χ1v) is 10.1. The van der Waals surface area contributed by atoms with Gasteiger partial charge in [0, 0.05) is 4.47 Å². The highest BCUT2D eigenvalue weighted by Crippen LogP contribution is 2.24. The van der Waals surface area contributed by atoms with Gasteiger partial charge in [-0.05, 0) is 37.3 Å². The fourth-order valence-corrected chi connectivity index (χ4v) is 4.70. The van der Waals surface area contributed by atoms with Crippen molar-refractivity contribution in [3.8, 4) is 0 Å². The Morgan fingerprint density at radius 1 is 1.28 bits per heavy atom. The van der Waals surface area contributed by atoms with Gasteiger partial charge in [0.25, 0.3) is 5.91 Å². The van der Waals surface area contributed by atoms with E-state index in [0.29, 0.717) is 20.6 Å². The lowest BCUT2D eigenvalue weighted by Crippen LogP contribution is -2.23. The average molecular weight is 460 g/mol. The van der Waals surface area contributed by atoms with Gasteiger partial charge < -0.3 is 9.30 Å². The van der Waals surface area contributed by atoms with Crippen LogP contribution in [-0.4, -0.2) is 23.1 Å². The maximum absolute atomic E-state index is 12.4. The summed E-state index contributed by atoms with van der Waals surface area (Å²) in [5, 5.41) is 0. The normalized spacial score (nSPS) is 11.9. The molecule has 0 atom stereocenters. The van der Waals surface area contributed by atoms with Crippen molar-refractivity contribution >= 4 is 72.3 Å². The van der Waals surface area contributed by atoms with Crippen molar-refractivity contribution in [2.45, 2.75) is 13.5 Å². The van der Waals surface area contributed by atoms with Gasteiger partial charge >= 0.3 is 5.97 Å². The molecule has 25 heavy (non-hydrogen) atoms. The summed E-state index contributed by atoms with van der Waals surface area (Å²) in [4.78, 5) is 29.4. The van der Waals surface area contributed by atoms with Crippen LogP contribution >= 0.6 is 50.2 Å². The van der Waals surface area contributed by atoms with Crippen LogP contribution in [0.3, 0.4) is 0 Å². The van der Waals surface area contributed by atoms with Gasteiger partial charge in [-0.15, -0.1) is 11.3 Å². The molecule has 5 nitrogen and oxygen atoms in total. The lowest BCUT2D eigenvalue weighted by molar-refractivity contribution is -0.143. The van der Waals surface area contributed by atoms with Crippen LogP contribution in [0, 0.1) is 0 Å². The van der Waals surface area contributed by atoms with Crippen molar-refractivity contribution in [1.82, 2.24) is 4.57 Å². The van der Waals surface area contributed by atoms with Crippen molar-refractivity contribution in [2.75, 3.05) is 6.61 Å². The highest BCUT2D eigenvalue weighted by Gasteiger charge is 2.14. The minimum absolute atomic E-state index is 0.00716. The van der Waals surface area contributed by atoms with Crippen LogP contribution in [0.25, 0.3) is 10.2 Å². The Kier molecular flexibility index (Phi) is 5.73. The second-order valence-electron chi connectivity index (χ2n) is 4.91. The Balaban J connectivity index is 2.10. The van der Waals surface area contributed by atoms with Crippen molar-refractivity contribution < 1.29 is 14.3 Å². The van der Waals surface area contributed by atoms with E-state index < -0.39 is 0 Å². The first-order chi connectivity index (χ1) is 12.0. The van der Waals surface area contributed by atoms with E-state index >= 15 is 0 Å². The van der Waals surface area contributed by atoms with Crippen LogP contribution < -0.4 is 4.80 Å². The number of esters is 1. The van der Waals surface area contributed by atoms with E-state index in [-0.39, 0.29) is 18.4 Å². The summed E-state index contributed by atoms with van der Waals surface area (Å²) in [5.74, 6) is -0.765. The maximum Gasteiger partial charge on any atom is 0.326 e. The zero-order valence-corrected chi connectivity index (χ0v) is 17.0. The number of aromatic nitrogens is 1. The van der Waals surface area contributed by atoms with E-state index in [1.165, 1.54) is 22.7 Å². The van der Waals surface area contributed by atoms with E-state index in [2.05, 4.69) is 20.9 Å². The Hall–Kier alpha value is -1.48. The fraction of sp³-hybridized carbons (Fsp3) is 0.188. The third kappa shape index (κ3) is 4.20. The second kappa shape index (κ2) is 7.82. The Bertz CT molecular complexity index is 1020. The number of amides is 1. The van der Waals surface area contributed by atoms with Gasteiger partial charge in [0.15, 0.2) is 4.80 Å². The number of fused-ring (bicyclic) bond motifs is 1. The smallest absolute Gasteiger partial charge is 0.326 e. The summed E-state index contributed by atoms with van der Waals surface area (Å²) in [6.07, 6.45) is 0. The third-order valence-corrected chi connectivity index (χ3v) is 5.97. The lowest BCUT2D eigenvalue weighted by Gasteiger charge is -2.05. The SMILES string of the molecule is CCOC(=O)Cn1c(=NC(=O)c2ccc(Cl)s2)sc2cc(Br)ccc21. The summed E-state index contributed by atoms with van der Waals surface area (Å²) >= 11 is 11.8. The number of hydrogen-bond acceptors (Lipinski definition) is 5. The van der Waals surface area contributed by atoms with Gasteiger partial charge in [-0.3, -0.25) is 9.59 Å². The first kappa shape index (κ1) is 18.3. The first-order valence-electron chi connectivity index (χ1n) is 7.27. The molecule has 0 aliphatic heterocycles. The molecule has 1 amide bonds. The number of ether oxygens (including phenoxy) is 1. The molecule has 3 aromatic rings. The predicted octanol–water partition coefficient (Wildman–Crippen LogP) is 4.48. The van der Waals surface area contributed by atoms with Crippen molar-refractivity contribution in [1.29, 1.82) is 0 Å². The highest BCUT2D eigenvalue weighted by molar-refractivity contribution is 9.10. The van der Waals surface area contributed by atoms with E-state index in [1.54, 1.807) is 23.6 Å². The molecular weight excluding hydrogens is 448 g/mol. The zero-order valence-electron chi connectivity index (χ0n) is 13.0. The highest BCUT2D eigenvalue weighted by atomic mass is 79.9. The molecule has 130 valence electrons. The average Bonchev–Trinajstić information content (AvgIpc) is 3.12. The Labute approximate surface area is 164 Å². The number of benzene rings is 1. The molecule has 0 saturated heterocycles. The number of halogens is 2. The summed E-state index contributed by atoms with van der Waals surface area (Å²) in [6.45, 7) is 2.04. The molecule has 0 fully saturated rings. The van der Waals surface area contributed by atoms with E-state index in [0.717, 1.165) is 14.7 Å². The molecule has 2 heterocycles. The number of thiazole rings is 1. The van der Waals surface area contributed by atoms with E-state index in [9.17, 15) is 9.59 Å². The zero-order chi connectivity index (χ0) is 18.0. The number of thiophene rings is 1. The molecule has 1 aromatic carbocycles. The van der Waals surface area contributed by atoms with Gasteiger partial charge in [0.05, 0.1) is 26.0 Å². The molecular formula is C16H12BrClN2O3S2. The molecule has 0 radical (unpaired) electrons. The molecule has 0 spiro atoms. The molecule has 3 rings (SSSR count). The number of hydrogen-bond donors (Lipinski definition) is 0. The largest absolute Gasteiger partial charge is 0.465 e. The quantitative estimate of drug-likeness (QED) is 0.540. The molecule has 0 saturated carbocycles. The number of carbonyl (C=O) groups is 2. The fourth-order valence-electron chi connectivity index (χ4n) is 2.19. The third-order valence-electron chi connectivity index (χ3n) is 3.22. The predicted molar refractivity (Wildman–Crippen MR) is 103 cm³/mol. The van der Waals surface area contributed by atoms with Gasteiger partial charge in [-0.2, -0.15) is 4.99 Å².